The zero-order valence-electron chi connectivity index (χ0n) is 21.1. The molecule has 0 spiro atoms. The van der Waals surface area contributed by atoms with E-state index in [1.807, 2.05) is 27.7 Å². The second kappa shape index (κ2) is 16.7. The Labute approximate surface area is 193 Å². The van der Waals surface area contributed by atoms with Crippen molar-refractivity contribution in [2.45, 2.75) is 86.1 Å². The summed E-state index contributed by atoms with van der Waals surface area (Å²) in [5.74, 6) is 0.482. The number of rotatable bonds is 4. The molecule has 1 heterocycles. The van der Waals surface area contributed by atoms with Gasteiger partial charge in [0.1, 0.15) is 0 Å². The van der Waals surface area contributed by atoms with E-state index < -0.39 is 11.7 Å². The van der Waals surface area contributed by atoms with Crippen LogP contribution in [0.5, 0.6) is 0 Å². The second-order valence-corrected chi connectivity index (χ2v) is 9.70. The zero-order chi connectivity index (χ0) is 24.7. The maximum Gasteiger partial charge on any atom is 0.416 e. The van der Waals surface area contributed by atoms with E-state index in [1.165, 1.54) is 24.1 Å². The van der Waals surface area contributed by atoms with E-state index in [4.69, 9.17) is 5.14 Å². The molecule has 1 aromatic rings. The average molecular weight is 466 g/mol. The fraction of sp³-hybridized carbons (Fsp3) is 0.750. The van der Waals surface area contributed by atoms with E-state index in [0.717, 1.165) is 43.9 Å². The summed E-state index contributed by atoms with van der Waals surface area (Å²) in [4.78, 5) is 2.19. The molecule has 3 N–H and O–H groups in total. The van der Waals surface area contributed by atoms with Crippen LogP contribution in [0.1, 0.15) is 79.9 Å². The largest absolute Gasteiger partial charge is 0.416 e. The number of halogens is 3. The van der Waals surface area contributed by atoms with Crippen LogP contribution >= 0.6 is 11.9 Å². The first-order chi connectivity index (χ1) is 14.4. The van der Waals surface area contributed by atoms with E-state index in [1.54, 1.807) is 6.07 Å². The van der Waals surface area contributed by atoms with Crippen molar-refractivity contribution in [2.75, 3.05) is 31.1 Å². The Morgan fingerprint density at radius 3 is 1.90 bits per heavy atom. The Balaban J connectivity index is 0. The fourth-order valence-corrected chi connectivity index (χ4v) is 2.62. The van der Waals surface area contributed by atoms with E-state index in [9.17, 15) is 13.2 Å². The highest BCUT2D eigenvalue weighted by Crippen LogP contribution is 2.34. The van der Waals surface area contributed by atoms with Crippen molar-refractivity contribution < 1.29 is 13.2 Å². The molecule has 0 saturated carbocycles. The lowest BCUT2D eigenvalue weighted by atomic mass is 9.98. The van der Waals surface area contributed by atoms with Gasteiger partial charge in [-0.3, -0.25) is 5.14 Å². The first-order valence-corrected chi connectivity index (χ1v) is 12.4. The number of hydrogen-bond acceptors (Lipinski definition) is 4. The third-order valence-electron chi connectivity index (χ3n) is 4.21. The summed E-state index contributed by atoms with van der Waals surface area (Å²) in [6, 6.07) is 4.18. The maximum absolute atomic E-state index is 12.9. The van der Waals surface area contributed by atoms with Gasteiger partial charge in [-0.2, -0.15) is 13.2 Å². The number of hydrogen-bond donors (Lipinski definition) is 2. The normalized spacial score (nSPS) is 13.9. The van der Waals surface area contributed by atoms with Gasteiger partial charge in [0.25, 0.3) is 0 Å². The Morgan fingerprint density at radius 1 is 1.03 bits per heavy atom. The molecule has 0 aromatic heterocycles. The van der Waals surface area contributed by atoms with Crippen molar-refractivity contribution in [3.05, 3.63) is 29.3 Å². The smallest absolute Gasteiger partial charge is 0.369 e. The number of anilines is 1. The van der Waals surface area contributed by atoms with Crippen LogP contribution in [0.15, 0.2) is 18.2 Å². The molecule has 7 heteroatoms. The van der Waals surface area contributed by atoms with Gasteiger partial charge >= 0.3 is 6.18 Å². The van der Waals surface area contributed by atoms with Crippen LogP contribution in [0.2, 0.25) is 0 Å². The predicted molar refractivity (Wildman–Crippen MR) is 134 cm³/mol. The van der Waals surface area contributed by atoms with Crippen LogP contribution < -0.4 is 15.4 Å². The van der Waals surface area contributed by atoms with Gasteiger partial charge in [0, 0.05) is 36.6 Å². The number of alkyl halides is 3. The molecule has 0 radical (unpaired) electrons. The Morgan fingerprint density at radius 2 is 1.52 bits per heavy atom. The molecule has 31 heavy (non-hydrogen) atoms. The van der Waals surface area contributed by atoms with E-state index in [-0.39, 0.29) is 4.75 Å². The lowest BCUT2D eigenvalue weighted by molar-refractivity contribution is -0.137. The van der Waals surface area contributed by atoms with Crippen LogP contribution in [-0.2, 0) is 12.6 Å². The van der Waals surface area contributed by atoms with Gasteiger partial charge in [0.05, 0.1) is 5.56 Å². The van der Waals surface area contributed by atoms with Gasteiger partial charge in [0.2, 0.25) is 0 Å². The quantitative estimate of drug-likeness (QED) is 0.463. The number of aryl methyl sites for hydroxylation is 1. The standard InChI is InChI=1S/C16H23F3N2.C4H11NS.2C2H6/c1-12(2)3-4-13-11-14(16(17,18)19)5-6-15(13)21-9-7-20-8-10-21;1-4(2,3)6-5;2*1-2/h5-6,11-12,20H,3-4,7-10H2,1-2H3;5H2,1-3H3;2*1-2H3. The average Bonchev–Trinajstić information content (AvgIpc) is 2.75. The molecular formula is C24H46F3N3S. The molecule has 0 amide bonds. The molecule has 1 fully saturated rings. The molecule has 0 aliphatic carbocycles. The minimum absolute atomic E-state index is 0.236. The highest BCUT2D eigenvalue weighted by molar-refractivity contribution is 7.98. The minimum atomic E-state index is -4.27. The predicted octanol–water partition coefficient (Wildman–Crippen LogP) is 7.15. The third-order valence-corrected chi connectivity index (χ3v) is 4.92. The summed E-state index contributed by atoms with van der Waals surface area (Å²) in [5, 5.41) is 8.49. The molecule has 1 aliphatic rings. The fourth-order valence-electron chi connectivity index (χ4n) is 2.62. The lowest BCUT2D eigenvalue weighted by Crippen LogP contribution is -2.43. The third kappa shape index (κ3) is 14.7. The number of benzene rings is 1. The van der Waals surface area contributed by atoms with Crippen LogP contribution in [0.4, 0.5) is 18.9 Å². The van der Waals surface area contributed by atoms with Gasteiger partial charge in [0.15, 0.2) is 0 Å². The highest BCUT2D eigenvalue weighted by atomic mass is 32.2. The van der Waals surface area contributed by atoms with E-state index in [0.29, 0.717) is 12.3 Å². The van der Waals surface area contributed by atoms with Gasteiger partial charge < -0.3 is 10.2 Å². The van der Waals surface area contributed by atoms with Crippen molar-refractivity contribution in [3.8, 4) is 0 Å². The SMILES string of the molecule is CC.CC.CC(C)(C)SN.CC(C)CCc1cc(C(F)(F)F)ccc1N1CCNCC1. The molecule has 0 unspecified atom stereocenters. The lowest BCUT2D eigenvalue weighted by Gasteiger charge is -2.31. The van der Waals surface area contributed by atoms with Gasteiger partial charge in [-0.1, -0.05) is 53.5 Å². The summed E-state index contributed by atoms with van der Waals surface area (Å²) < 4.78 is 39.0. The van der Waals surface area contributed by atoms with Gasteiger partial charge in [-0.15, -0.1) is 0 Å². The van der Waals surface area contributed by atoms with Crippen molar-refractivity contribution in [1.82, 2.24) is 5.32 Å². The van der Waals surface area contributed by atoms with Crippen molar-refractivity contribution in [3.63, 3.8) is 0 Å². The highest BCUT2D eigenvalue weighted by Gasteiger charge is 2.31. The Kier molecular flexibility index (Phi) is 17.4. The summed E-state index contributed by atoms with van der Waals surface area (Å²) in [6.07, 6.45) is -2.67. The summed E-state index contributed by atoms with van der Waals surface area (Å²) in [6.45, 7) is 21.9. The molecule has 1 aliphatic heterocycles. The van der Waals surface area contributed by atoms with Crippen LogP contribution in [0.3, 0.4) is 0 Å². The topological polar surface area (TPSA) is 41.3 Å². The van der Waals surface area contributed by atoms with Crippen molar-refractivity contribution in [2.24, 2.45) is 11.1 Å². The molecule has 1 saturated heterocycles. The van der Waals surface area contributed by atoms with E-state index >= 15 is 0 Å². The van der Waals surface area contributed by atoms with Crippen LogP contribution in [0.25, 0.3) is 0 Å². The summed E-state index contributed by atoms with van der Waals surface area (Å²) in [5.41, 5.74) is 1.24. The van der Waals surface area contributed by atoms with Gasteiger partial charge in [-0.05, 0) is 63.3 Å². The Hall–Kier alpha value is -0.920. The second-order valence-electron chi connectivity index (χ2n) is 8.24. The van der Waals surface area contributed by atoms with Gasteiger partial charge in [-0.25, -0.2) is 0 Å². The van der Waals surface area contributed by atoms with Crippen LogP contribution in [-0.4, -0.2) is 30.9 Å². The maximum atomic E-state index is 12.9. The zero-order valence-corrected chi connectivity index (χ0v) is 21.9. The molecule has 2 rings (SSSR count). The number of piperazine rings is 1. The van der Waals surface area contributed by atoms with Crippen LogP contribution in [0, 0.1) is 5.92 Å². The van der Waals surface area contributed by atoms with E-state index in [2.05, 4.69) is 44.8 Å². The molecule has 3 nitrogen and oxygen atoms in total. The first kappa shape index (κ1) is 32.3. The summed E-state index contributed by atoms with van der Waals surface area (Å²) >= 11 is 1.38. The monoisotopic (exact) mass is 465 g/mol. The minimum Gasteiger partial charge on any atom is -0.369 e. The van der Waals surface area contributed by atoms with Crippen molar-refractivity contribution >= 4 is 17.6 Å². The number of nitrogens with two attached hydrogens (primary N) is 1. The summed E-state index contributed by atoms with van der Waals surface area (Å²) in [7, 11) is 0. The number of nitrogens with zero attached hydrogens (tertiary/aromatic N) is 1. The first-order valence-electron chi connectivity index (χ1n) is 11.5. The Bertz CT molecular complexity index is 564. The molecule has 1 aromatic carbocycles. The number of nitrogens with one attached hydrogen (secondary N) is 1. The van der Waals surface area contributed by atoms with Crippen molar-refractivity contribution in [1.29, 1.82) is 0 Å². The molecule has 184 valence electrons. The molecule has 0 bridgehead atoms. The molecular weight excluding hydrogens is 419 g/mol. The molecule has 0 atom stereocenters.